The van der Waals surface area contributed by atoms with E-state index in [-0.39, 0.29) is 5.92 Å². The molecule has 4 nitrogen and oxygen atoms in total. The van der Waals surface area contributed by atoms with E-state index in [1.165, 1.54) is 0 Å². The summed E-state index contributed by atoms with van der Waals surface area (Å²) in [7, 11) is -3.37. The first-order valence-corrected chi connectivity index (χ1v) is 8.23. The van der Waals surface area contributed by atoms with Crippen molar-refractivity contribution in [3.63, 3.8) is 0 Å². The fourth-order valence-corrected chi connectivity index (χ4v) is 3.81. The quantitative estimate of drug-likeness (QED) is 0.611. The second-order valence-corrected chi connectivity index (χ2v) is 6.22. The lowest BCUT2D eigenvalue weighted by Gasteiger charge is -2.28. The summed E-state index contributed by atoms with van der Waals surface area (Å²) < 4.78 is 22.7. The van der Waals surface area contributed by atoms with Gasteiger partial charge in [0.2, 0.25) is 0 Å². The number of hydrogen-bond donors (Lipinski definition) is 1. The molecule has 0 fully saturated rings. The fraction of sp³-hybridized carbons (Fsp3) is 1.00. The number of aliphatic hydroxyl groups excluding tert-OH is 1. The Balaban J connectivity index is 4.65. The molecule has 0 aliphatic rings. The number of rotatable bonds is 10. The van der Waals surface area contributed by atoms with Crippen molar-refractivity contribution in [3.05, 3.63) is 0 Å². The first kappa shape index (κ1) is 17.1. The molecule has 0 rings (SSSR count). The van der Waals surface area contributed by atoms with Gasteiger partial charge in [-0.1, -0.05) is 33.1 Å². The zero-order chi connectivity index (χ0) is 13.3. The van der Waals surface area contributed by atoms with Crippen LogP contribution in [0, 0.1) is 5.92 Å². The van der Waals surface area contributed by atoms with Crippen molar-refractivity contribution < 1.29 is 18.7 Å². The summed E-state index contributed by atoms with van der Waals surface area (Å²) in [4.78, 5) is 0. The minimum atomic E-state index is -3.37. The Labute approximate surface area is 105 Å². The van der Waals surface area contributed by atoms with Gasteiger partial charge >= 0.3 is 7.60 Å². The lowest BCUT2D eigenvalue weighted by Crippen LogP contribution is -2.22. The molecule has 0 radical (unpaired) electrons. The predicted molar refractivity (Wildman–Crippen MR) is 70.2 cm³/mol. The smallest absolute Gasteiger partial charge is 0.359 e. The first-order chi connectivity index (χ1) is 8.05. The van der Waals surface area contributed by atoms with Gasteiger partial charge in [-0.3, -0.25) is 4.57 Å². The predicted octanol–water partition coefficient (Wildman–Crippen LogP) is 3.79. The molecule has 0 spiro atoms. The lowest BCUT2D eigenvalue weighted by atomic mass is 10.0. The molecule has 0 unspecified atom stereocenters. The lowest BCUT2D eigenvalue weighted by molar-refractivity contribution is 0.106. The molecule has 104 valence electrons. The molecular formula is C12H27O4P. The van der Waals surface area contributed by atoms with Gasteiger partial charge < -0.3 is 14.2 Å². The topological polar surface area (TPSA) is 55.8 Å². The average Bonchev–Trinajstić information content (AvgIpc) is 2.30. The fourth-order valence-electron chi connectivity index (χ4n) is 1.84. The van der Waals surface area contributed by atoms with Crippen LogP contribution in [0.15, 0.2) is 0 Å². The zero-order valence-corrected chi connectivity index (χ0v) is 12.4. The molecule has 5 heteroatoms. The van der Waals surface area contributed by atoms with Crippen molar-refractivity contribution in [2.24, 2.45) is 5.92 Å². The minimum absolute atomic E-state index is 0.0149. The highest BCUT2D eigenvalue weighted by Crippen LogP contribution is 2.55. The Morgan fingerprint density at radius 1 is 1.12 bits per heavy atom. The summed E-state index contributed by atoms with van der Waals surface area (Å²) in [5, 5.41) is 10.2. The van der Waals surface area contributed by atoms with Gasteiger partial charge in [-0.25, -0.2) is 0 Å². The molecule has 17 heavy (non-hydrogen) atoms. The Bertz CT molecular complexity index is 223. The maximum Gasteiger partial charge on any atom is 0.359 e. The van der Waals surface area contributed by atoms with E-state index in [2.05, 4.69) is 6.92 Å². The third-order valence-electron chi connectivity index (χ3n) is 2.82. The van der Waals surface area contributed by atoms with Crippen LogP contribution < -0.4 is 0 Å². The largest absolute Gasteiger partial charge is 0.380 e. The van der Waals surface area contributed by atoms with Gasteiger partial charge in [-0.05, 0) is 26.2 Å². The van der Waals surface area contributed by atoms with Gasteiger partial charge in [0.25, 0.3) is 0 Å². The van der Waals surface area contributed by atoms with Gasteiger partial charge in [0, 0.05) is 0 Å². The molecule has 2 atom stereocenters. The van der Waals surface area contributed by atoms with Gasteiger partial charge in [0.05, 0.1) is 13.2 Å². The summed E-state index contributed by atoms with van der Waals surface area (Å²) in [6.45, 7) is 8.18. The van der Waals surface area contributed by atoms with Crippen LogP contribution in [-0.4, -0.2) is 24.2 Å². The standard InChI is InChI=1S/C12H27O4P/c1-5-9-10-11(6-2)12(13)17(14,15-7-3)16-8-4/h11-13H,5-10H2,1-4H3/t11-,12+/m1/s1. The SMILES string of the molecule is CCCC[C@@H](CC)[C@@H](O)P(=O)(OCC)OCC. The highest BCUT2D eigenvalue weighted by atomic mass is 31.2. The average molecular weight is 266 g/mol. The van der Waals surface area contributed by atoms with Crippen molar-refractivity contribution in [3.8, 4) is 0 Å². The van der Waals surface area contributed by atoms with Crippen LogP contribution in [0.25, 0.3) is 0 Å². The van der Waals surface area contributed by atoms with E-state index in [0.717, 1.165) is 25.7 Å². The first-order valence-electron chi connectivity index (χ1n) is 6.62. The van der Waals surface area contributed by atoms with Crippen LogP contribution in [0.4, 0.5) is 0 Å². The maximum absolute atomic E-state index is 12.4. The molecule has 0 aromatic heterocycles. The van der Waals surface area contributed by atoms with Crippen molar-refractivity contribution >= 4 is 7.60 Å². The van der Waals surface area contributed by atoms with Crippen molar-refractivity contribution in [1.29, 1.82) is 0 Å². The van der Waals surface area contributed by atoms with Crippen LogP contribution in [0.2, 0.25) is 0 Å². The summed E-state index contributed by atoms with van der Waals surface area (Å²) in [5.74, 6) is -1.02. The zero-order valence-electron chi connectivity index (χ0n) is 11.5. The van der Waals surface area contributed by atoms with E-state index in [0.29, 0.717) is 13.2 Å². The summed E-state index contributed by atoms with van der Waals surface area (Å²) >= 11 is 0. The van der Waals surface area contributed by atoms with Gasteiger partial charge in [-0.15, -0.1) is 0 Å². The van der Waals surface area contributed by atoms with Crippen LogP contribution in [0.1, 0.15) is 53.4 Å². The number of hydrogen-bond acceptors (Lipinski definition) is 4. The second-order valence-electron chi connectivity index (χ2n) is 4.10. The van der Waals surface area contributed by atoms with Crippen molar-refractivity contribution in [1.82, 2.24) is 0 Å². The van der Waals surface area contributed by atoms with E-state index in [1.54, 1.807) is 13.8 Å². The molecule has 0 bridgehead atoms. The van der Waals surface area contributed by atoms with Gasteiger partial charge in [-0.2, -0.15) is 0 Å². The molecule has 0 saturated carbocycles. The molecule has 0 saturated heterocycles. The molecule has 0 aliphatic carbocycles. The van der Waals surface area contributed by atoms with E-state index >= 15 is 0 Å². The molecule has 0 aromatic carbocycles. The minimum Gasteiger partial charge on any atom is -0.380 e. The Morgan fingerprint density at radius 3 is 2.00 bits per heavy atom. The summed E-state index contributed by atoms with van der Waals surface area (Å²) in [6.07, 6.45) is 3.73. The molecule has 0 aromatic rings. The van der Waals surface area contributed by atoms with E-state index in [9.17, 15) is 9.67 Å². The van der Waals surface area contributed by atoms with E-state index in [1.807, 2.05) is 6.92 Å². The molecule has 0 aliphatic heterocycles. The highest BCUT2D eigenvalue weighted by molar-refractivity contribution is 7.54. The maximum atomic E-state index is 12.4. The third-order valence-corrected chi connectivity index (χ3v) is 5.12. The third kappa shape index (κ3) is 5.52. The van der Waals surface area contributed by atoms with E-state index < -0.39 is 13.4 Å². The van der Waals surface area contributed by atoms with Crippen molar-refractivity contribution in [2.45, 2.75) is 59.2 Å². The molecule has 0 heterocycles. The Hall–Kier alpha value is 0.110. The van der Waals surface area contributed by atoms with Crippen LogP contribution in [0.3, 0.4) is 0 Å². The van der Waals surface area contributed by atoms with Gasteiger partial charge in [0.1, 0.15) is 0 Å². The van der Waals surface area contributed by atoms with Crippen molar-refractivity contribution in [2.75, 3.05) is 13.2 Å². The van der Waals surface area contributed by atoms with Crippen LogP contribution in [-0.2, 0) is 13.6 Å². The highest BCUT2D eigenvalue weighted by Gasteiger charge is 2.38. The van der Waals surface area contributed by atoms with Gasteiger partial charge in [0.15, 0.2) is 5.85 Å². The Morgan fingerprint density at radius 2 is 1.65 bits per heavy atom. The second kappa shape index (κ2) is 9.09. The number of unbranched alkanes of at least 4 members (excludes halogenated alkanes) is 1. The molecular weight excluding hydrogens is 239 g/mol. The van der Waals surface area contributed by atoms with E-state index in [4.69, 9.17) is 9.05 Å². The van der Waals surface area contributed by atoms with Crippen LogP contribution >= 0.6 is 7.60 Å². The monoisotopic (exact) mass is 266 g/mol. The Kier molecular flexibility index (Phi) is 9.15. The molecule has 0 amide bonds. The summed E-state index contributed by atoms with van der Waals surface area (Å²) in [5.41, 5.74) is 0. The normalized spacial score (nSPS) is 15.8. The molecule has 1 N–H and O–H groups in total. The van der Waals surface area contributed by atoms with Crippen LogP contribution in [0.5, 0.6) is 0 Å². The number of aliphatic hydroxyl groups is 1. The summed E-state index contributed by atoms with van der Waals surface area (Å²) in [6, 6.07) is 0.